The third kappa shape index (κ3) is 2.96. The predicted octanol–water partition coefficient (Wildman–Crippen LogP) is 0.960. The van der Waals surface area contributed by atoms with Gasteiger partial charge in [-0.05, 0) is 25.9 Å². The molecule has 1 fully saturated rings. The van der Waals surface area contributed by atoms with Crippen molar-refractivity contribution in [1.29, 1.82) is 0 Å². The van der Waals surface area contributed by atoms with Gasteiger partial charge in [-0.1, -0.05) is 13.8 Å². The summed E-state index contributed by atoms with van der Waals surface area (Å²) in [5.41, 5.74) is 0. The first-order valence-electron chi connectivity index (χ1n) is 5.28. The van der Waals surface area contributed by atoms with Gasteiger partial charge in [-0.25, -0.2) is 4.79 Å². The highest BCUT2D eigenvalue weighted by molar-refractivity contribution is 5.72. The average molecular weight is 201 g/mol. The first kappa shape index (κ1) is 11.5. The second-order valence-corrected chi connectivity index (χ2v) is 3.65. The summed E-state index contributed by atoms with van der Waals surface area (Å²) in [4.78, 5) is 12.9. The van der Waals surface area contributed by atoms with Gasteiger partial charge in [0.2, 0.25) is 0 Å². The molecule has 1 aliphatic heterocycles. The number of carboxylic acids is 1. The minimum atomic E-state index is -0.827. The molecule has 82 valence electrons. The molecule has 2 unspecified atom stereocenters. The number of likely N-dealkylation sites (N-methyl/N-ethyl adjacent to an activating group) is 1. The van der Waals surface area contributed by atoms with Crippen LogP contribution in [0.3, 0.4) is 0 Å². The van der Waals surface area contributed by atoms with Gasteiger partial charge in [0.1, 0.15) is 0 Å². The van der Waals surface area contributed by atoms with E-state index in [1.165, 1.54) is 0 Å². The van der Waals surface area contributed by atoms with Crippen molar-refractivity contribution >= 4 is 5.97 Å². The van der Waals surface area contributed by atoms with Crippen LogP contribution in [-0.2, 0) is 9.53 Å². The molecule has 0 spiro atoms. The standard InChI is InChI=1S/C10H19NO3/c1-3-11(4-2)7-8-5-6-9(14-8)10(12)13/h8-9H,3-7H2,1-2H3,(H,12,13). The molecule has 1 N–H and O–H groups in total. The molecule has 2 atom stereocenters. The van der Waals surface area contributed by atoms with Crippen LogP contribution in [0, 0.1) is 0 Å². The molecule has 4 heteroatoms. The summed E-state index contributed by atoms with van der Waals surface area (Å²) in [6.07, 6.45) is 1.06. The lowest BCUT2D eigenvalue weighted by atomic mass is 10.2. The minimum absolute atomic E-state index is 0.107. The van der Waals surface area contributed by atoms with E-state index in [1.807, 2.05) is 0 Å². The smallest absolute Gasteiger partial charge is 0.332 e. The molecular weight excluding hydrogens is 182 g/mol. The van der Waals surface area contributed by atoms with E-state index in [0.717, 1.165) is 26.1 Å². The van der Waals surface area contributed by atoms with Gasteiger partial charge >= 0.3 is 5.97 Å². The highest BCUT2D eigenvalue weighted by Gasteiger charge is 2.30. The maximum atomic E-state index is 10.6. The molecule has 0 aliphatic carbocycles. The molecule has 0 aromatic heterocycles. The molecule has 1 aliphatic rings. The van der Waals surface area contributed by atoms with Crippen molar-refractivity contribution in [2.24, 2.45) is 0 Å². The molecule has 4 nitrogen and oxygen atoms in total. The van der Waals surface area contributed by atoms with Gasteiger partial charge in [0, 0.05) is 6.54 Å². The molecule has 0 radical (unpaired) electrons. The van der Waals surface area contributed by atoms with Crippen LogP contribution < -0.4 is 0 Å². The van der Waals surface area contributed by atoms with E-state index in [0.29, 0.717) is 6.42 Å². The van der Waals surface area contributed by atoms with Crippen molar-refractivity contribution in [2.75, 3.05) is 19.6 Å². The van der Waals surface area contributed by atoms with Gasteiger partial charge in [0.15, 0.2) is 6.10 Å². The van der Waals surface area contributed by atoms with Crippen molar-refractivity contribution in [3.63, 3.8) is 0 Å². The Hall–Kier alpha value is -0.610. The maximum absolute atomic E-state index is 10.6. The number of rotatable bonds is 5. The molecule has 14 heavy (non-hydrogen) atoms. The molecule has 0 aromatic carbocycles. The van der Waals surface area contributed by atoms with Crippen molar-refractivity contribution < 1.29 is 14.6 Å². The van der Waals surface area contributed by atoms with Gasteiger partial charge in [-0.3, -0.25) is 0 Å². The van der Waals surface area contributed by atoms with E-state index in [-0.39, 0.29) is 6.10 Å². The highest BCUT2D eigenvalue weighted by Crippen LogP contribution is 2.20. The maximum Gasteiger partial charge on any atom is 0.332 e. The molecule has 1 rings (SSSR count). The normalized spacial score (nSPS) is 27.1. The van der Waals surface area contributed by atoms with E-state index < -0.39 is 12.1 Å². The lowest BCUT2D eigenvalue weighted by Gasteiger charge is -2.21. The van der Waals surface area contributed by atoms with Gasteiger partial charge in [0.25, 0.3) is 0 Å². The van der Waals surface area contributed by atoms with Crippen molar-refractivity contribution in [3.8, 4) is 0 Å². The Balaban J connectivity index is 2.31. The Kier molecular flexibility index (Phi) is 4.35. The molecule has 1 heterocycles. The summed E-state index contributed by atoms with van der Waals surface area (Å²) in [6, 6.07) is 0. The van der Waals surface area contributed by atoms with Crippen LogP contribution in [0.4, 0.5) is 0 Å². The Morgan fingerprint density at radius 3 is 2.50 bits per heavy atom. The average Bonchev–Trinajstić information content (AvgIpc) is 2.62. The Morgan fingerprint density at radius 2 is 2.07 bits per heavy atom. The number of aliphatic carboxylic acids is 1. The Labute approximate surface area is 84.8 Å². The first-order chi connectivity index (χ1) is 6.67. The van der Waals surface area contributed by atoms with Gasteiger partial charge in [0.05, 0.1) is 6.10 Å². The summed E-state index contributed by atoms with van der Waals surface area (Å²) in [5.74, 6) is -0.827. The fourth-order valence-electron chi connectivity index (χ4n) is 1.79. The summed E-state index contributed by atoms with van der Waals surface area (Å²) in [6.45, 7) is 7.05. The lowest BCUT2D eigenvalue weighted by Crippen LogP contribution is -2.33. The van der Waals surface area contributed by atoms with Crippen molar-refractivity contribution in [1.82, 2.24) is 4.90 Å². The fraction of sp³-hybridized carbons (Fsp3) is 0.900. The molecule has 1 saturated heterocycles. The highest BCUT2D eigenvalue weighted by atomic mass is 16.5. The molecule has 0 bridgehead atoms. The second-order valence-electron chi connectivity index (χ2n) is 3.65. The fourth-order valence-corrected chi connectivity index (χ4v) is 1.79. The summed E-state index contributed by atoms with van der Waals surface area (Å²) < 4.78 is 5.42. The SMILES string of the molecule is CCN(CC)CC1CCC(C(=O)O)O1. The van der Waals surface area contributed by atoms with Crippen LogP contribution >= 0.6 is 0 Å². The molecule has 0 aromatic rings. The zero-order valence-electron chi connectivity index (χ0n) is 8.90. The van der Waals surface area contributed by atoms with Crippen LogP contribution in [-0.4, -0.2) is 47.8 Å². The third-order valence-electron chi connectivity index (χ3n) is 2.74. The van der Waals surface area contributed by atoms with E-state index in [4.69, 9.17) is 9.84 Å². The van der Waals surface area contributed by atoms with Crippen LogP contribution in [0.2, 0.25) is 0 Å². The van der Waals surface area contributed by atoms with E-state index in [9.17, 15) is 4.79 Å². The van der Waals surface area contributed by atoms with Crippen LogP contribution in [0.1, 0.15) is 26.7 Å². The van der Waals surface area contributed by atoms with Gasteiger partial charge in [-0.2, -0.15) is 0 Å². The number of ether oxygens (including phenoxy) is 1. The van der Waals surface area contributed by atoms with Gasteiger partial charge in [-0.15, -0.1) is 0 Å². The van der Waals surface area contributed by atoms with E-state index in [1.54, 1.807) is 0 Å². The quantitative estimate of drug-likeness (QED) is 0.719. The summed E-state index contributed by atoms with van der Waals surface area (Å²) in [7, 11) is 0. The van der Waals surface area contributed by atoms with Gasteiger partial charge < -0.3 is 14.7 Å². The Bertz CT molecular complexity index is 192. The largest absolute Gasteiger partial charge is 0.479 e. The van der Waals surface area contributed by atoms with E-state index in [2.05, 4.69) is 18.7 Å². The van der Waals surface area contributed by atoms with Crippen molar-refractivity contribution in [3.05, 3.63) is 0 Å². The minimum Gasteiger partial charge on any atom is -0.479 e. The molecule has 0 amide bonds. The third-order valence-corrected chi connectivity index (χ3v) is 2.74. The number of hydrogen-bond acceptors (Lipinski definition) is 3. The zero-order chi connectivity index (χ0) is 10.6. The zero-order valence-corrected chi connectivity index (χ0v) is 8.90. The second kappa shape index (κ2) is 5.32. The first-order valence-corrected chi connectivity index (χ1v) is 5.28. The van der Waals surface area contributed by atoms with Crippen LogP contribution in [0.15, 0.2) is 0 Å². The number of carbonyl (C=O) groups is 1. The van der Waals surface area contributed by atoms with E-state index >= 15 is 0 Å². The molecule has 0 saturated carbocycles. The van der Waals surface area contributed by atoms with Crippen LogP contribution in [0.25, 0.3) is 0 Å². The predicted molar refractivity (Wildman–Crippen MR) is 53.3 cm³/mol. The molecular formula is C10H19NO3. The Morgan fingerprint density at radius 1 is 1.43 bits per heavy atom. The lowest BCUT2D eigenvalue weighted by molar-refractivity contribution is -0.149. The number of nitrogens with zero attached hydrogens (tertiary/aromatic N) is 1. The topological polar surface area (TPSA) is 49.8 Å². The number of carboxylic acid groups (broad SMARTS) is 1. The summed E-state index contributed by atoms with van der Waals surface area (Å²) >= 11 is 0. The number of hydrogen-bond donors (Lipinski definition) is 1. The van der Waals surface area contributed by atoms with Crippen molar-refractivity contribution in [2.45, 2.75) is 38.9 Å². The monoisotopic (exact) mass is 201 g/mol. The summed E-state index contributed by atoms with van der Waals surface area (Å²) in [5, 5.41) is 8.74. The van der Waals surface area contributed by atoms with Crippen LogP contribution in [0.5, 0.6) is 0 Å².